The van der Waals surface area contributed by atoms with E-state index in [1.807, 2.05) is 37.4 Å². The summed E-state index contributed by atoms with van der Waals surface area (Å²) in [6, 6.07) is 7.78. The summed E-state index contributed by atoms with van der Waals surface area (Å²) >= 11 is 0. The Kier molecular flexibility index (Phi) is 3.33. The van der Waals surface area contributed by atoms with Crippen LogP contribution < -0.4 is 5.32 Å². The summed E-state index contributed by atoms with van der Waals surface area (Å²) in [6.07, 6.45) is 3.85. The van der Waals surface area contributed by atoms with Crippen LogP contribution in [0.3, 0.4) is 0 Å². The maximum Gasteiger partial charge on any atom is 0.242 e. The summed E-state index contributed by atoms with van der Waals surface area (Å²) in [5, 5.41) is 11.2. The number of benzene rings is 1. The fraction of sp³-hybridized carbons (Fsp3) is 0.375. The van der Waals surface area contributed by atoms with Crippen LogP contribution in [0.1, 0.15) is 17.9 Å². The molecule has 0 aliphatic carbocycles. The molecule has 1 N–H and O–H groups in total. The number of carbonyl (C=O) groups is 1. The second-order valence-electron chi connectivity index (χ2n) is 5.99. The molecule has 0 saturated carbocycles. The Morgan fingerprint density at radius 2 is 2.26 bits per heavy atom. The molecule has 0 fully saturated rings. The summed E-state index contributed by atoms with van der Waals surface area (Å²) in [7, 11) is 0. The molecular weight excluding hydrogens is 292 g/mol. The van der Waals surface area contributed by atoms with Crippen molar-refractivity contribution in [1.82, 2.24) is 29.9 Å². The van der Waals surface area contributed by atoms with Gasteiger partial charge < -0.3 is 9.88 Å². The molecule has 118 valence electrons. The number of carbonyl (C=O) groups excluding carboxylic acids is 1. The molecule has 2 aromatic heterocycles. The van der Waals surface area contributed by atoms with Gasteiger partial charge in [0.25, 0.3) is 0 Å². The second kappa shape index (κ2) is 5.49. The van der Waals surface area contributed by atoms with Crippen LogP contribution in [0.4, 0.5) is 0 Å². The van der Waals surface area contributed by atoms with E-state index in [0.29, 0.717) is 0 Å². The SMILES string of the molecule is Cc1cn2c(n1)CC[C@H](NC(=O)Cn1nnc3ccccc31)C2. The van der Waals surface area contributed by atoms with Crippen molar-refractivity contribution in [1.29, 1.82) is 0 Å². The molecule has 0 radical (unpaired) electrons. The van der Waals surface area contributed by atoms with Crippen LogP contribution in [0.2, 0.25) is 0 Å². The monoisotopic (exact) mass is 310 g/mol. The van der Waals surface area contributed by atoms with Gasteiger partial charge in [-0.25, -0.2) is 9.67 Å². The lowest BCUT2D eigenvalue weighted by atomic mass is 10.1. The number of nitrogens with zero attached hydrogens (tertiary/aromatic N) is 5. The highest BCUT2D eigenvalue weighted by Gasteiger charge is 2.21. The molecule has 0 spiro atoms. The summed E-state index contributed by atoms with van der Waals surface area (Å²) in [4.78, 5) is 16.8. The quantitative estimate of drug-likeness (QED) is 0.785. The van der Waals surface area contributed by atoms with E-state index in [2.05, 4.69) is 25.2 Å². The Balaban J connectivity index is 1.43. The number of aryl methyl sites for hydroxylation is 2. The number of hydrogen-bond donors (Lipinski definition) is 1. The molecule has 7 heteroatoms. The van der Waals surface area contributed by atoms with Crippen molar-refractivity contribution in [3.63, 3.8) is 0 Å². The minimum absolute atomic E-state index is 0.0362. The van der Waals surface area contributed by atoms with Gasteiger partial charge in [0.2, 0.25) is 5.91 Å². The number of para-hydroxylation sites is 1. The molecule has 7 nitrogen and oxygen atoms in total. The van der Waals surface area contributed by atoms with Crippen molar-refractivity contribution in [2.24, 2.45) is 0 Å². The first kappa shape index (κ1) is 13.9. The van der Waals surface area contributed by atoms with Gasteiger partial charge in [0.15, 0.2) is 0 Å². The average molecular weight is 310 g/mol. The number of fused-ring (bicyclic) bond motifs is 2. The smallest absolute Gasteiger partial charge is 0.242 e. The average Bonchev–Trinajstić information content (AvgIpc) is 3.10. The lowest BCUT2D eigenvalue weighted by Crippen LogP contribution is -2.42. The van der Waals surface area contributed by atoms with E-state index < -0.39 is 0 Å². The first-order valence-electron chi connectivity index (χ1n) is 7.79. The van der Waals surface area contributed by atoms with Crippen molar-refractivity contribution < 1.29 is 4.79 Å². The normalized spacial score (nSPS) is 17.2. The number of imidazole rings is 1. The lowest BCUT2D eigenvalue weighted by molar-refractivity contribution is -0.122. The van der Waals surface area contributed by atoms with Crippen LogP contribution in [0.15, 0.2) is 30.5 Å². The molecule has 23 heavy (non-hydrogen) atoms. The highest BCUT2D eigenvalue weighted by molar-refractivity contribution is 5.79. The molecule has 4 rings (SSSR count). The van der Waals surface area contributed by atoms with Gasteiger partial charge in [-0.05, 0) is 25.5 Å². The highest BCUT2D eigenvalue weighted by atomic mass is 16.2. The zero-order valence-corrected chi connectivity index (χ0v) is 12.9. The molecule has 0 bridgehead atoms. The van der Waals surface area contributed by atoms with Gasteiger partial charge in [-0.15, -0.1) is 5.10 Å². The van der Waals surface area contributed by atoms with E-state index in [1.165, 1.54) is 0 Å². The molecule has 3 aromatic rings. The number of amides is 1. The van der Waals surface area contributed by atoms with Crippen LogP contribution in [0.25, 0.3) is 11.0 Å². The van der Waals surface area contributed by atoms with E-state index in [0.717, 1.165) is 41.9 Å². The van der Waals surface area contributed by atoms with Gasteiger partial charge in [0.05, 0.1) is 11.2 Å². The lowest BCUT2D eigenvalue weighted by Gasteiger charge is -2.24. The van der Waals surface area contributed by atoms with Crippen LogP contribution >= 0.6 is 0 Å². The van der Waals surface area contributed by atoms with E-state index in [9.17, 15) is 4.79 Å². The van der Waals surface area contributed by atoms with Crippen LogP contribution in [-0.4, -0.2) is 36.5 Å². The Morgan fingerprint density at radius 3 is 3.17 bits per heavy atom. The third-order valence-electron chi connectivity index (χ3n) is 4.19. The largest absolute Gasteiger partial charge is 0.350 e. The molecule has 1 aliphatic heterocycles. The van der Waals surface area contributed by atoms with Crippen molar-refractivity contribution in [3.05, 3.63) is 42.0 Å². The summed E-state index contributed by atoms with van der Waals surface area (Å²) < 4.78 is 3.77. The molecular formula is C16H18N6O. The summed E-state index contributed by atoms with van der Waals surface area (Å²) in [6.45, 7) is 2.96. The summed E-state index contributed by atoms with van der Waals surface area (Å²) in [5.41, 5.74) is 2.70. The van der Waals surface area contributed by atoms with Crippen molar-refractivity contribution in [3.8, 4) is 0 Å². The van der Waals surface area contributed by atoms with Gasteiger partial charge in [-0.1, -0.05) is 17.3 Å². The molecule has 1 aromatic carbocycles. The van der Waals surface area contributed by atoms with Gasteiger partial charge in [-0.3, -0.25) is 4.79 Å². The third-order valence-corrected chi connectivity index (χ3v) is 4.19. The minimum Gasteiger partial charge on any atom is -0.350 e. The Bertz CT molecular complexity index is 864. The van der Waals surface area contributed by atoms with Crippen molar-refractivity contribution in [2.45, 2.75) is 38.9 Å². The molecule has 1 amide bonds. The highest BCUT2D eigenvalue weighted by Crippen LogP contribution is 2.15. The fourth-order valence-electron chi connectivity index (χ4n) is 3.15. The van der Waals surface area contributed by atoms with Crippen molar-refractivity contribution >= 4 is 16.9 Å². The zero-order chi connectivity index (χ0) is 15.8. The zero-order valence-electron chi connectivity index (χ0n) is 12.9. The number of hydrogen-bond acceptors (Lipinski definition) is 4. The number of nitrogens with one attached hydrogen (secondary N) is 1. The standard InChI is InChI=1S/C16H18N6O/c1-11-8-21-9-12(6-7-15(21)17-11)18-16(23)10-22-14-5-3-2-4-13(14)19-20-22/h2-5,8,12H,6-7,9-10H2,1H3,(H,18,23)/t12-/m0/s1. The first-order chi connectivity index (χ1) is 11.2. The topological polar surface area (TPSA) is 77.6 Å². The van der Waals surface area contributed by atoms with E-state index >= 15 is 0 Å². The molecule has 0 unspecified atom stereocenters. The van der Waals surface area contributed by atoms with E-state index in [4.69, 9.17) is 0 Å². The fourth-order valence-corrected chi connectivity index (χ4v) is 3.15. The predicted molar refractivity (Wildman–Crippen MR) is 84.7 cm³/mol. The Labute approximate surface area is 133 Å². The maximum absolute atomic E-state index is 12.3. The first-order valence-corrected chi connectivity index (χ1v) is 7.79. The molecule has 3 heterocycles. The number of rotatable bonds is 3. The predicted octanol–water partition coefficient (Wildman–Crippen LogP) is 1.07. The van der Waals surface area contributed by atoms with Gasteiger partial charge in [0.1, 0.15) is 17.9 Å². The van der Waals surface area contributed by atoms with Gasteiger partial charge in [0, 0.05) is 25.2 Å². The molecule has 1 atom stereocenters. The maximum atomic E-state index is 12.3. The van der Waals surface area contributed by atoms with E-state index in [-0.39, 0.29) is 18.5 Å². The molecule has 1 aliphatic rings. The van der Waals surface area contributed by atoms with Crippen LogP contribution in [-0.2, 0) is 24.3 Å². The second-order valence-corrected chi connectivity index (χ2v) is 5.99. The third kappa shape index (κ3) is 2.69. The minimum atomic E-state index is -0.0362. The summed E-state index contributed by atoms with van der Waals surface area (Å²) in [5.74, 6) is 1.07. The Morgan fingerprint density at radius 1 is 1.39 bits per heavy atom. The van der Waals surface area contributed by atoms with Gasteiger partial charge in [-0.2, -0.15) is 0 Å². The van der Waals surface area contributed by atoms with E-state index in [1.54, 1.807) is 4.68 Å². The number of aromatic nitrogens is 5. The van der Waals surface area contributed by atoms with Crippen LogP contribution in [0.5, 0.6) is 0 Å². The Hall–Kier alpha value is -2.70. The molecule has 0 saturated heterocycles. The van der Waals surface area contributed by atoms with Crippen LogP contribution in [0, 0.1) is 6.92 Å². The van der Waals surface area contributed by atoms with Gasteiger partial charge >= 0.3 is 0 Å². The van der Waals surface area contributed by atoms with Crippen molar-refractivity contribution in [2.75, 3.05) is 0 Å².